The van der Waals surface area contributed by atoms with Crippen LogP contribution in [0.3, 0.4) is 0 Å². The Morgan fingerprint density at radius 3 is 2.22 bits per heavy atom. The van der Waals surface area contributed by atoms with Crippen molar-refractivity contribution in [3.8, 4) is 0 Å². The molecule has 1 aromatic carbocycles. The van der Waals surface area contributed by atoms with Crippen LogP contribution in [0, 0.1) is 20.8 Å². The Labute approximate surface area is 143 Å². The predicted molar refractivity (Wildman–Crippen MR) is 94.2 cm³/mol. The summed E-state index contributed by atoms with van der Waals surface area (Å²) in [5, 5.41) is 1.70. The molecule has 1 aliphatic rings. The van der Waals surface area contributed by atoms with Crippen LogP contribution in [-0.4, -0.2) is 25.4 Å². The molecule has 2 rings (SSSR count). The second-order valence-corrected chi connectivity index (χ2v) is 8.86. The van der Waals surface area contributed by atoms with Gasteiger partial charge in [-0.2, -0.15) is 8.42 Å². The summed E-state index contributed by atoms with van der Waals surface area (Å²) in [5.41, 5.74) is 3.49. The number of aryl methyl sites for hydroxylation is 3. The molecule has 7 heteroatoms. The van der Waals surface area contributed by atoms with Crippen molar-refractivity contribution in [2.24, 2.45) is 5.84 Å². The molecule has 5 nitrogen and oxygen atoms in total. The first kappa shape index (κ1) is 18.3. The van der Waals surface area contributed by atoms with E-state index in [0.29, 0.717) is 17.5 Å². The number of hydrogen-bond acceptors (Lipinski definition) is 6. The fourth-order valence-electron chi connectivity index (χ4n) is 2.82. The van der Waals surface area contributed by atoms with Crippen LogP contribution in [0.25, 0.3) is 0 Å². The Bertz CT molecular complexity index is 719. The Morgan fingerprint density at radius 2 is 1.74 bits per heavy atom. The molecule has 1 aliphatic heterocycles. The molecule has 128 valence electrons. The third-order valence-corrected chi connectivity index (χ3v) is 6.98. The molecule has 0 aliphatic carbocycles. The van der Waals surface area contributed by atoms with E-state index in [1.165, 1.54) is 0 Å². The molecular formula is C16H24N2O3S2. The standard InChI is InChI=1S/C16H24N2O3S2/c1-10-8-11(2)16(12(3)9-10)23(19,20)21-7-6-15-18(17)13(4)14(5)22-15/h8-9,15H,6-7,17H2,1-5H3. The van der Waals surface area contributed by atoms with Crippen LogP contribution in [0.15, 0.2) is 27.6 Å². The first-order valence-electron chi connectivity index (χ1n) is 7.49. The molecule has 0 aromatic heterocycles. The zero-order valence-corrected chi connectivity index (χ0v) is 15.8. The lowest BCUT2D eigenvalue weighted by molar-refractivity contribution is 0.261. The van der Waals surface area contributed by atoms with Gasteiger partial charge in [-0.25, -0.2) is 5.84 Å². The number of nitrogens with zero attached hydrogens (tertiary/aromatic N) is 1. The summed E-state index contributed by atoms with van der Waals surface area (Å²) in [6, 6.07) is 3.71. The zero-order valence-electron chi connectivity index (χ0n) is 14.2. The highest BCUT2D eigenvalue weighted by atomic mass is 32.2. The monoisotopic (exact) mass is 356 g/mol. The van der Waals surface area contributed by atoms with E-state index in [1.54, 1.807) is 30.6 Å². The average Bonchev–Trinajstić information content (AvgIpc) is 2.64. The van der Waals surface area contributed by atoms with Crippen molar-refractivity contribution in [3.05, 3.63) is 39.4 Å². The molecule has 23 heavy (non-hydrogen) atoms. The highest BCUT2D eigenvalue weighted by Crippen LogP contribution is 2.36. The maximum Gasteiger partial charge on any atom is 0.297 e. The third kappa shape index (κ3) is 3.91. The van der Waals surface area contributed by atoms with Crippen molar-refractivity contribution >= 4 is 21.9 Å². The summed E-state index contributed by atoms with van der Waals surface area (Å²) in [4.78, 5) is 1.43. The summed E-state index contributed by atoms with van der Waals surface area (Å²) in [6.07, 6.45) is 0.541. The average molecular weight is 357 g/mol. The first-order chi connectivity index (χ1) is 10.6. The lowest BCUT2D eigenvalue weighted by Gasteiger charge is -2.22. The minimum atomic E-state index is -3.76. The van der Waals surface area contributed by atoms with Gasteiger partial charge in [0.25, 0.3) is 10.1 Å². The molecule has 0 radical (unpaired) electrons. The molecule has 1 atom stereocenters. The van der Waals surface area contributed by atoms with Gasteiger partial charge in [0.1, 0.15) is 0 Å². The van der Waals surface area contributed by atoms with Gasteiger partial charge in [-0.15, -0.1) is 11.8 Å². The van der Waals surface area contributed by atoms with Gasteiger partial charge in [0, 0.05) is 17.0 Å². The minimum Gasteiger partial charge on any atom is -0.301 e. The van der Waals surface area contributed by atoms with E-state index in [4.69, 9.17) is 10.0 Å². The van der Waals surface area contributed by atoms with Crippen molar-refractivity contribution in [3.63, 3.8) is 0 Å². The van der Waals surface area contributed by atoms with E-state index in [9.17, 15) is 8.42 Å². The van der Waals surface area contributed by atoms with Crippen molar-refractivity contribution in [2.45, 2.75) is 51.3 Å². The number of thioether (sulfide) groups is 1. The van der Waals surface area contributed by atoms with Crippen LogP contribution >= 0.6 is 11.8 Å². The van der Waals surface area contributed by atoms with E-state index in [1.807, 2.05) is 32.9 Å². The van der Waals surface area contributed by atoms with Crippen molar-refractivity contribution in [1.82, 2.24) is 5.01 Å². The molecule has 1 unspecified atom stereocenters. The van der Waals surface area contributed by atoms with Gasteiger partial charge in [0.05, 0.1) is 16.9 Å². The third-order valence-electron chi connectivity index (χ3n) is 3.98. The Balaban J connectivity index is 2.04. The zero-order chi connectivity index (χ0) is 17.4. The molecule has 1 heterocycles. The van der Waals surface area contributed by atoms with Crippen LogP contribution in [0.1, 0.15) is 37.0 Å². The van der Waals surface area contributed by atoms with E-state index < -0.39 is 10.1 Å². The van der Waals surface area contributed by atoms with Gasteiger partial charge in [0.2, 0.25) is 0 Å². The number of rotatable bonds is 5. The number of hydrogen-bond donors (Lipinski definition) is 1. The predicted octanol–water partition coefficient (Wildman–Crippen LogP) is 3.21. The topological polar surface area (TPSA) is 72.6 Å². The molecule has 2 N–H and O–H groups in total. The maximum absolute atomic E-state index is 12.5. The second-order valence-electron chi connectivity index (χ2n) is 5.91. The van der Waals surface area contributed by atoms with Crippen LogP contribution in [0.2, 0.25) is 0 Å². The number of hydrazine groups is 1. The fourth-order valence-corrected chi connectivity index (χ4v) is 5.33. The van der Waals surface area contributed by atoms with Crippen LogP contribution in [0.4, 0.5) is 0 Å². The first-order valence-corrected chi connectivity index (χ1v) is 9.77. The van der Waals surface area contributed by atoms with Gasteiger partial charge < -0.3 is 5.01 Å². The minimum absolute atomic E-state index is 0.0189. The highest BCUT2D eigenvalue weighted by molar-refractivity contribution is 8.03. The summed E-state index contributed by atoms with van der Waals surface area (Å²) in [5.74, 6) is 5.99. The fraction of sp³-hybridized carbons (Fsp3) is 0.500. The molecule has 0 amide bonds. The van der Waals surface area contributed by atoms with Crippen molar-refractivity contribution < 1.29 is 12.6 Å². The normalized spacial score (nSPS) is 18.9. The molecule has 0 saturated heterocycles. The number of nitrogens with two attached hydrogens (primary N) is 1. The molecule has 0 fully saturated rings. The van der Waals surface area contributed by atoms with Crippen molar-refractivity contribution in [1.29, 1.82) is 0 Å². The van der Waals surface area contributed by atoms with E-state index >= 15 is 0 Å². The molecule has 0 spiro atoms. The summed E-state index contributed by atoms with van der Waals surface area (Å²) in [6.45, 7) is 9.61. The Kier molecular flexibility index (Phi) is 5.45. The van der Waals surface area contributed by atoms with E-state index in [2.05, 4.69) is 0 Å². The van der Waals surface area contributed by atoms with E-state index in [0.717, 1.165) is 16.2 Å². The van der Waals surface area contributed by atoms with Gasteiger partial charge in [0.15, 0.2) is 0 Å². The lowest BCUT2D eigenvalue weighted by Crippen LogP contribution is -2.35. The Morgan fingerprint density at radius 1 is 1.17 bits per heavy atom. The SMILES string of the molecule is CC1=C(C)N(N)C(CCOS(=O)(=O)c2c(C)cc(C)cc2C)S1. The second kappa shape index (κ2) is 6.84. The van der Waals surface area contributed by atoms with Crippen LogP contribution in [-0.2, 0) is 14.3 Å². The molecule has 1 aromatic rings. The molecule has 0 saturated carbocycles. The molecular weight excluding hydrogens is 332 g/mol. The summed E-state index contributed by atoms with van der Waals surface area (Å²) < 4.78 is 30.2. The largest absolute Gasteiger partial charge is 0.301 e. The van der Waals surface area contributed by atoms with Gasteiger partial charge >= 0.3 is 0 Å². The smallest absolute Gasteiger partial charge is 0.297 e. The van der Waals surface area contributed by atoms with E-state index in [-0.39, 0.29) is 16.9 Å². The lowest BCUT2D eigenvalue weighted by atomic mass is 10.1. The summed E-state index contributed by atoms with van der Waals surface area (Å²) in [7, 11) is -3.76. The number of allylic oxidation sites excluding steroid dienone is 2. The maximum atomic E-state index is 12.5. The van der Waals surface area contributed by atoms with Crippen LogP contribution < -0.4 is 5.84 Å². The van der Waals surface area contributed by atoms with Gasteiger partial charge in [-0.05, 0) is 45.7 Å². The molecule has 0 bridgehead atoms. The number of benzene rings is 1. The Hall–Kier alpha value is -1.02. The highest BCUT2D eigenvalue weighted by Gasteiger charge is 2.27. The quantitative estimate of drug-likeness (QED) is 0.645. The van der Waals surface area contributed by atoms with Gasteiger partial charge in [-0.3, -0.25) is 4.18 Å². The van der Waals surface area contributed by atoms with Gasteiger partial charge in [-0.1, -0.05) is 17.7 Å². The van der Waals surface area contributed by atoms with Crippen LogP contribution in [0.5, 0.6) is 0 Å². The van der Waals surface area contributed by atoms with Crippen molar-refractivity contribution in [2.75, 3.05) is 6.61 Å². The summed E-state index contributed by atoms with van der Waals surface area (Å²) >= 11 is 1.64.